The largest absolute Gasteiger partial charge is 0.477 e. The van der Waals surface area contributed by atoms with Crippen LogP contribution in [0, 0.1) is 6.92 Å². The van der Waals surface area contributed by atoms with E-state index in [-0.39, 0.29) is 5.03 Å². The first kappa shape index (κ1) is 17.7. The first-order chi connectivity index (χ1) is 10.8. The van der Waals surface area contributed by atoms with Gasteiger partial charge in [0.2, 0.25) is 0 Å². The van der Waals surface area contributed by atoms with Gasteiger partial charge in [-0.15, -0.1) is 11.3 Å². The number of aryl methyl sites for hydroxylation is 1. The molecular weight excluding hydrogens is 383 g/mol. The van der Waals surface area contributed by atoms with Gasteiger partial charge in [0, 0.05) is 10.1 Å². The van der Waals surface area contributed by atoms with Crippen LogP contribution in [0.1, 0.15) is 15.2 Å². The number of halogens is 3. The third kappa shape index (κ3) is 4.03. The average Bonchev–Trinajstić information content (AvgIpc) is 2.82. The Balaban J connectivity index is 2.20. The highest BCUT2D eigenvalue weighted by Crippen LogP contribution is 2.35. The topological polar surface area (TPSA) is 78.8 Å². The van der Waals surface area contributed by atoms with Crippen molar-refractivity contribution in [3.8, 4) is 0 Å². The number of carboxylic acids is 1. The minimum Gasteiger partial charge on any atom is -0.477 e. The molecule has 0 radical (unpaired) electrons. The summed E-state index contributed by atoms with van der Waals surface area (Å²) in [5.41, 5.74) is 3.28. The second kappa shape index (κ2) is 7.31. The van der Waals surface area contributed by atoms with Crippen LogP contribution in [0.3, 0.4) is 0 Å². The van der Waals surface area contributed by atoms with Crippen LogP contribution >= 0.6 is 46.1 Å². The molecule has 2 rings (SSSR count). The number of aliphatic carboxylic acids is 1. The Labute approximate surface area is 150 Å². The summed E-state index contributed by atoms with van der Waals surface area (Å²) in [6.45, 7) is 1.94. The summed E-state index contributed by atoms with van der Waals surface area (Å²) in [4.78, 5) is 23.0. The molecule has 0 saturated carbocycles. The predicted octanol–water partition coefficient (Wildman–Crippen LogP) is 4.35. The van der Waals surface area contributed by atoms with Gasteiger partial charge in [-0.2, -0.15) is 5.10 Å². The van der Waals surface area contributed by atoms with E-state index in [1.807, 2.05) is 25.1 Å². The van der Waals surface area contributed by atoms with Crippen LogP contribution in [0.4, 0.5) is 0 Å². The third-order valence-electron chi connectivity index (χ3n) is 2.73. The van der Waals surface area contributed by atoms with E-state index in [1.165, 1.54) is 11.3 Å². The zero-order chi connectivity index (χ0) is 17.1. The molecule has 1 heterocycles. The maximum Gasteiger partial charge on any atom is 0.348 e. The Morgan fingerprint density at radius 2 is 2.04 bits per heavy atom. The summed E-state index contributed by atoms with van der Waals surface area (Å²) in [7, 11) is 0. The Kier molecular flexibility index (Phi) is 5.64. The first-order valence-electron chi connectivity index (χ1n) is 6.12. The van der Waals surface area contributed by atoms with Gasteiger partial charge in [0.05, 0.1) is 16.3 Å². The number of allylic oxidation sites excluding steroid dienone is 1. The Bertz CT molecular complexity index is 858. The molecule has 0 bridgehead atoms. The molecule has 5 nitrogen and oxygen atoms in total. The van der Waals surface area contributed by atoms with Crippen LogP contribution in [0.15, 0.2) is 33.4 Å². The van der Waals surface area contributed by atoms with Crippen molar-refractivity contribution in [2.45, 2.75) is 6.92 Å². The van der Waals surface area contributed by atoms with Crippen LogP contribution in [0.5, 0.6) is 0 Å². The van der Waals surface area contributed by atoms with E-state index >= 15 is 0 Å². The van der Waals surface area contributed by atoms with Gasteiger partial charge in [-0.1, -0.05) is 46.9 Å². The van der Waals surface area contributed by atoms with Crippen molar-refractivity contribution in [3.63, 3.8) is 0 Å². The zero-order valence-corrected chi connectivity index (χ0v) is 14.6. The van der Waals surface area contributed by atoms with Crippen LogP contribution < -0.4 is 5.43 Å². The quantitative estimate of drug-likeness (QED) is 0.462. The SMILES string of the molecule is Cc1ccc2c(Cl)c(C(=O)N/N=C/C(Cl)=C(\Cl)C(=O)O)sc2c1. The fourth-order valence-electron chi connectivity index (χ4n) is 1.68. The third-order valence-corrected chi connectivity index (χ3v) is 5.14. The molecule has 0 aliphatic carbocycles. The van der Waals surface area contributed by atoms with E-state index < -0.39 is 16.9 Å². The van der Waals surface area contributed by atoms with E-state index in [4.69, 9.17) is 39.9 Å². The molecule has 120 valence electrons. The van der Waals surface area contributed by atoms with Crippen LogP contribution in [-0.2, 0) is 4.79 Å². The van der Waals surface area contributed by atoms with Gasteiger partial charge < -0.3 is 5.11 Å². The molecule has 0 fully saturated rings. The number of benzene rings is 1. The van der Waals surface area contributed by atoms with Gasteiger partial charge in [-0.25, -0.2) is 10.2 Å². The molecule has 0 aliphatic rings. The van der Waals surface area contributed by atoms with Crippen molar-refractivity contribution in [1.82, 2.24) is 5.43 Å². The summed E-state index contributed by atoms with van der Waals surface area (Å²) < 4.78 is 0.885. The average molecular weight is 392 g/mol. The first-order valence-corrected chi connectivity index (χ1v) is 8.07. The molecule has 0 unspecified atom stereocenters. The number of nitrogens with zero attached hydrogens (tertiary/aromatic N) is 1. The second-order valence-corrected chi connectivity index (χ2v) is 6.63. The number of amides is 1. The lowest BCUT2D eigenvalue weighted by Gasteiger charge is -1.97. The van der Waals surface area contributed by atoms with Crippen LogP contribution in [0.2, 0.25) is 5.02 Å². The highest BCUT2D eigenvalue weighted by molar-refractivity contribution is 7.21. The number of fused-ring (bicyclic) bond motifs is 1. The minimum absolute atomic E-state index is 0.300. The van der Waals surface area contributed by atoms with Crippen LogP contribution in [0.25, 0.3) is 10.1 Å². The van der Waals surface area contributed by atoms with E-state index in [0.29, 0.717) is 9.90 Å². The number of nitrogens with one attached hydrogen (secondary N) is 1. The van der Waals surface area contributed by atoms with Crippen molar-refractivity contribution in [3.05, 3.63) is 43.7 Å². The molecule has 0 spiro atoms. The number of carbonyl (C=O) groups excluding carboxylic acids is 1. The maximum atomic E-state index is 12.1. The van der Waals surface area contributed by atoms with Gasteiger partial charge in [-0.05, 0) is 18.6 Å². The Hall–Kier alpha value is -1.60. The number of carbonyl (C=O) groups is 2. The Morgan fingerprint density at radius 1 is 1.35 bits per heavy atom. The lowest BCUT2D eigenvalue weighted by Crippen LogP contribution is -2.16. The smallest absolute Gasteiger partial charge is 0.348 e. The Morgan fingerprint density at radius 3 is 2.70 bits per heavy atom. The van der Waals surface area contributed by atoms with Crippen molar-refractivity contribution >= 4 is 74.3 Å². The van der Waals surface area contributed by atoms with Gasteiger partial charge in [0.1, 0.15) is 9.91 Å². The zero-order valence-electron chi connectivity index (χ0n) is 11.6. The van der Waals surface area contributed by atoms with Gasteiger partial charge in [0.25, 0.3) is 5.91 Å². The van der Waals surface area contributed by atoms with Gasteiger partial charge >= 0.3 is 5.97 Å². The monoisotopic (exact) mass is 390 g/mol. The van der Waals surface area contributed by atoms with Gasteiger partial charge in [0.15, 0.2) is 0 Å². The predicted molar refractivity (Wildman–Crippen MR) is 93.9 cm³/mol. The maximum absolute atomic E-state index is 12.1. The fourth-order valence-corrected chi connectivity index (χ4v) is 3.36. The van der Waals surface area contributed by atoms with E-state index in [2.05, 4.69) is 10.5 Å². The second-order valence-electron chi connectivity index (χ2n) is 4.41. The number of rotatable bonds is 4. The van der Waals surface area contributed by atoms with E-state index in [9.17, 15) is 9.59 Å². The summed E-state index contributed by atoms with van der Waals surface area (Å²) >= 11 is 18.5. The fraction of sp³-hybridized carbons (Fsp3) is 0.0714. The summed E-state index contributed by atoms with van der Waals surface area (Å²) in [5, 5.41) is 12.4. The molecule has 1 aromatic carbocycles. The van der Waals surface area contributed by atoms with Crippen molar-refractivity contribution in [1.29, 1.82) is 0 Å². The van der Waals surface area contributed by atoms with E-state index in [0.717, 1.165) is 21.9 Å². The van der Waals surface area contributed by atoms with Crippen LogP contribution in [-0.4, -0.2) is 23.2 Å². The number of hydrogen-bond donors (Lipinski definition) is 2. The lowest BCUT2D eigenvalue weighted by molar-refractivity contribution is -0.131. The molecule has 2 N–H and O–H groups in total. The molecule has 1 amide bonds. The highest BCUT2D eigenvalue weighted by atomic mass is 35.5. The molecule has 23 heavy (non-hydrogen) atoms. The van der Waals surface area contributed by atoms with Crippen molar-refractivity contribution in [2.75, 3.05) is 0 Å². The minimum atomic E-state index is -1.39. The van der Waals surface area contributed by atoms with E-state index in [1.54, 1.807) is 0 Å². The number of hydrazone groups is 1. The van der Waals surface area contributed by atoms with Crippen molar-refractivity contribution < 1.29 is 14.7 Å². The molecular formula is C14H9Cl3N2O3S. The molecule has 0 saturated heterocycles. The molecule has 1 aromatic heterocycles. The van der Waals surface area contributed by atoms with Crippen molar-refractivity contribution in [2.24, 2.45) is 5.10 Å². The molecule has 9 heteroatoms. The summed E-state index contributed by atoms with van der Waals surface area (Å²) in [5.74, 6) is -1.92. The lowest BCUT2D eigenvalue weighted by atomic mass is 10.2. The van der Waals surface area contributed by atoms with Gasteiger partial charge in [-0.3, -0.25) is 4.79 Å². The number of thiophene rings is 1. The highest BCUT2D eigenvalue weighted by Gasteiger charge is 2.17. The summed E-state index contributed by atoms with van der Waals surface area (Å²) in [6.07, 6.45) is 0.932. The number of carboxylic acid groups (broad SMARTS) is 1. The summed E-state index contributed by atoms with van der Waals surface area (Å²) in [6, 6.07) is 5.67. The number of hydrogen-bond acceptors (Lipinski definition) is 4. The molecule has 0 atom stereocenters. The standard InChI is InChI=1S/C14H9Cl3N2O3S/c1-6-2-3-7-9(4-6)23-12(10(7)16)13(20)19-18-5-8(15)11(17)14(21)22/h2-5H,1H3,(H,19,20)(H,21,22)/b11-8+,18-5+. The molecule has 2 aromatic rings. The normalized spacial score (nSPS) is 12.5. The molecule has 0 aliphatic heterocycles.